The zero-order valence-electron chi connectivity index (χ0n) is 14.4. The number of ether oxygens (including phenoxy) is 1. The van der Waals surface area contributed by atoms with Crippen LogP contribution < -0.4 is 4.72 Å². The Morgan fingerprint density at radius 1 is 1.11 bits per heavy atom. The molecule has 0 aromatic heterocycles. The average molecular weight is 417 g/mol. The summed E-state index contributed by atoms with van der Waals surface area (Å²) in [6.07, 6.45) is 0. The van der Waals surface area contributed by atoms with Gasteiger partial charge in [-0.1, -0.05) is 23.7 Å². The van der Waals surface area contributed by atoms with Crippen molar-refractivity contribution >= 4 is 21.6 Å². The zero-order chi connectivity index (χ0) is 19.4. The van der Waals surface area contributed by atoms with Crippen LogP contribution in [0.2, 0.25) is 5.02 Å². The van der Waals surface area contributed by atoms with Gasteiger partial charge in [0.1, 0.15) is 0 Å². The summed E-state index contributed by atoms with van der Waals surface area (Å²) in [6, 6.07) is 9.42. The third-order valence-electron chi connectivity index (χ3n) is 4.39. The first-order valence-corrected chi connectivity index (χ1v) is 10.2. The summed E-state index contributed by atoms with van der Waals surface area (Å²) in [5, 5.41) is 0.550. The summed E-state index contributed by atoms with van der Waals surface area (Å²) in [4.78, 5) is 1.77. The van der Waals surface area contributed by atoms with Crippen LogP contribution in [-0.4, -0.2) is 46.2 Å². The van der Waals surface area contributed by atoms with Crippen LogP contribution in [0.15, 0.2) is 47.4 Å². The van der Waals surface area contributed by atoms with E-state index >= 15 is 0 Å². The van der Waals surface area contributed by atoms with Gasteiger partial charge in [-0.3, -0.25) is 4.90 Å². The molecule has 146 valence electrons. The number of morpholine rings is 1. The Kier molecular flexibility index (Phi) is 6.44. The lowest BCUT2D eigenvalue weighted by atomic mass is 10.1. The number of hydrogen-bond acceptors (Lipinski definition) is 4. The molecule has 1 atom stereocenters. The summed E-state index contributed by atoms with van der Waals surface area (Å²) >= 11 is 6.09. The molecule has 1 fully saturated rings. The van der Waals surface area contributed by atoms with Gasteiger partial charge in [0.15, 0.2) is 11.6 Å². The molecule has 1 aliphatic heterocycles. The third-order valence-corrected chi connectivity index (χ3v) is 6.04. The van der Waals surface area contributed by atoms with Gasteiger partial charge in [-0.15, -0.1) is 0 Å². The van der Waals surface area contributed by atoms with Crippen molar-refractivity contribution in [1.82, 2.24) is 9.62 Å². The Bertz CT molecular complexity index is 905. The van der Waals surface area contributed by atoms with Gasteiger partial charge in [-0.25, -0.2) is 21.9 Å². The molecule has 2 aromatic carbocycles. The minimum Gasteiger partial charge on any atom is -0.379 e. The smallest absolute Gasteiger partial charge is 0.240 e. The molecule has 5 nitrogen and oxygen atoms in total. The average Bonchev–Trinajstić information content (AvgIpc) is 2.65. The number of rotatable bonds is 6. The number of benzene rings is 2. The minimum absolute atomic E-state index is 0.0572. The number of halogens is 3. The van der Waals surface area contributed by atoms with E-state index in [4.69, 9.17) is 16.3 Å². The summed E-state index contributed by atoms with van der Waals surface area (Å²) in [5.74, 6) is -2.31. The van der Waals surface area contributed by atoms with Gasteiger partial charge in [0, 0.05) is 30.7 Å². The van der Waals surface area contributed by atoms with Crippen LogP contribution in [0.3, 0.4) is 0 Å². The van der Waals surface area contributed by atoms with E-state index in [0.29, 0.717) is 37.4 Å². The van der Waals surface area contributed by atoms with Gasteiger partial charge in [-0.2, -0.15) is 0 Å². The predicted octanol–water partition coefficient (Wildman–Crippen LogP) is 2.97. The van der Waals surface area contributed by atoms with E-state index in [9.17, 15) is 17.2 Å². The van der Waals surface area contributed by atoms with Crippen molar-refractivity contribution in [3.05, 3.63) is 64.7 Å². The highest BCUT2D eigenvalue weighted by Crippen LogP contribution is 2.25. The first-order chi connectivity index (χ1) is 12.9. The van der Waals surface area contributed by atoms with Crippen molar-refractivity contribution in [2.75, 3.05) is 32.8 Å². The van der Waals surface area contributed by atoms with Crippen LogP contribution >= 0.6 is 11.6 Å². The van der Waals surface area contributed by atoms with Crippen molar-refractivity contribution in [3.63, 3.8) is 0 Å². The molecule has 27 heavy (non-hydrogen) atoms. The van der Waals surface area contributed by atoms with Gasteiger partial charge < -0.3 is 4.74 Å². The second kappa shape index (κ2) is 8.62. The highest BCUT2D eigenvalue weighted by molar-refractivity contribution is 7.89. The number of sulfonamides is 1. The fraction of sp³-hybridized carbons (Fsp3) is 0.333. The first-order valence-electron chi connectivity index (χ1n) is 8.39. The Morgan fingerprint density at radius 2 is 1.85 bits per heavy atom. The maximum absolute atomic E-state index is 13.4. The fourth-order valence-corrected chi connectivity index (χ4v) is 4.23. The van der Waals surface area contributed by atoms with Crippen molar-refractivity contribution in [3.8, 4) is 0 Å². The predicted molar refractivity (Wildman–Crippen MR) is 98.1 cm³/mol. The molecule has 0 spiro atoms. The topological polar surface area (TPSA) is 58.6 Å². The van der Waals surface area contributed by atoms with Crippen molar-refractivity contribution in [2.45, 2.75) is 10.9 Å². The molecule has 1 heterocycles. The van der Waals surface area contributed by atoms with Crippen LogP contribution in [0, 0.1) is 11.6 Å². The summed E-state index contributed by atoms with van der Waals surface area (Å²) < 4.78 is 59.4. The van der Waals surface area contributed by atoms with E-state index in [2.05, 4.69) is 9.62 Å². The molecule has 1 saturated heterocycles. The van der Waals surface area contributed by atoms with Crippen LogP contribution in [0.25, 0.3) is 0 Å². The molecule has 0 saturated carbocycles. The van der Waals surface area contributed by atoms with E-state index in [1.165, 1.54) is 0 Å². The van der Waals surface area contributed by atoms with Gasteiger partial charge in [0.2, 0.25) is 10.0 Å². The highest BCUT2D eigenvalue weighted by Gasteiger charge is 2.25. The lowest BCUT2D eigenvalue weighted by molar-refractivity contribution is 0.0172. The number of nitrogens with one attached hydrogen (secondary N) is 1. The monoisotopic (exact) mass is 416 g/mol. The molecular formula is C18H19ClF2N2O3S. The Labute approximate surface area is 161 Å². The molecule has 0 aliphatic carbocycles. The standard InChI is InChI=1S/C18H19ClF2N2O3S/c19-14-3-1-2-13(10-14)18(23-6-8-26-9-7-23)12-22-27(24,25)15-4-5-16(20)17(21)11-15/h1-5,10-11,18,22H,6-9,12H2. The minimum atomic E-state index is -4.00. The van der Waals surface area contributed by atoms with Gasteiger partial charge in [0.05, 0.1) is 18.1 Å². The maximum Gasteiger partial charge on any atom is 0.240 e. The molecular weight excluding hydrogens is 398 g/mol. The van der Waals surface area contributed by atoms with Crippen molar-refractivity contribution in [2.24, 2.45) is 0 Å². The Morgan fingerprint density at radius 3 is 2.52 bits per heavy atom. The van der Waals surface area contributed by atoms with Crippen LogP contribution in [0.4, 0.5) is 8.78 Å². The van der Waals surface area contributed by atoms with E-state index in [0.717, 1.165) is 17.7 Å². The maximum atomic E-state index is 13.4. The molecule has 3 rings (SSSR count). The quantitative estimate of drug-likeness (QED) is 0.786. The zero-order valence-corrected chi connectivity index (χ0v) is 15.9. The first kappa shape index (κ1) is 20.2. The van der Waals surface area contributed by atoms with E-state index in [1.54, 1.807) is 18.2 Å². The highest BCUT2D eigenvalue weighted by atomic mass is 35.5. The van der Waals surface area contributed by atoms with Crippen LogP contribution in [0.1, 0.15) is 11.6 Å². The summed E-state index contributed by atoms with van der Waals surface area (Å²) in [7, 11) is -4.00. The molecule has 2 aromatic rings. The largest absolute Gasteiger partial charge is 0.379 e. The molecule has 1 N–H and O–H groups in total. The number of nitrogens with zero attached hydrogens (tertiary/aromatic N) is 1. The molecule has 0 amide bonds. The SMILES string of the molecule is O=S(=O)(NCC(c1cccc(Cl)c1)N1CCOCC1)c1ccc(F)c(F)c1. The summed E-state index contributed by atoms with van der Waals surface area (Å²) in [5.41, 5.74) is 0.859. The molecule has 0 bridgehead atoms. The van der Waals surface area contributed by atoms with Gasteiger partial charge >= 0.3 is 0 Å². The van der Waals surface area contributed by atoms with Crippen LogP contribution in [-0.2, 0) is 14.8 Å². The van der Waals surface area contributed by atoms with Gasteiger partial charge in [0.25, 0.3) is 0 Å². The molecule has 1 unspecified atom stereocenters. The Hall–Kier alpha value is -1.58. The van der Waals surface area contributed by atoms with Crippen molar-refractivity contribution in [1.29, 1.82) is 0 Å². The Balaban J connectivity index is 1.82. The third kappa shape index (κ3) is 5.03. The molecule has 0 radical (unpaired) electrons. The van der Waals surface area contributed by atoms with Crippen molar-refractivity contribution < 1.29 is 21.9 Å². The summed E-state index contributed by atoms with van der Waals surface area (Å²) in [6.45, 7) is 2.44. The molecule has 9 heteroatoms. The lowest BCUT2D eigenvalue weighted by Crippen LogP contribution is -2.43. The fourth-order valence-electron chi connectivity index (χ4n) is 2.98. The molecule has 1 aliphatic rings. The van der Waals surface area contributed by atoms with Crippen LogP contribution in [0.5, 0.6) is 0 Å². The number of hydrogen-bond donors (Lipinski definition) is 1. The lowest BCUT2D eigenvalue weighted by Gasteiger charge is -2.35. The van der Waals surface area contributed by atoms with E-state index < -0.39 is 21.7 Å². The van der Waals surface area contributed by atoms with Gasteiger partial charge in [-0.05, 0) is 35.9 Å². The van der Waals surface area contributed by atoms with E-state index in [1.807, 2.05) is 6.07 Å². The normalized spacial score (nSPS) is 17.0. The second-order valence-corrected chi connectivity index (χ2v) is 8.35. The second-order valence-electron chi connectivity index (χ2n) is 6.15. The van der Waals surface area contributed by atoms with E-state index in [-0.39, 0.29) is 17.5 Å².